The number of hydrogen-bond acceptors (Lipinski definition) is 7. The van der Waals surface area contributed by atoms with Crippen molar-refractivity contribution >= 4 is 34.0 Å². The lowest BCUT2D eigenvalue weighted by molar-refractivity contribution is -0.136. The highest BCUT2D eigenvalue weighted by molar-refractivity contribution is 7.19. The maximum Gasteiger partial charge on any atom is 0.327 e. The summed E-state index contributed by atoms with van der Waals surface area (Å²) in [5, 5.41) is 25.9. The topological polar surface area (TPSA) is 138 Å². The molecule has 0 fully saturated rings. The molecule has 0 saturated heterocycles. The van der Waals surface area contributed by atoms with Gasteiger partial charge in [0.25, 0.3) is 5.56 Å². The first-order valence-electron chi connectivity index (χ1n) is 8.92. The van der Waals surface area contributed by atoms with Gasteiger partial charge in [0, 0.05) is 24.7 Å². The zero-order valence-electron chi connectivity index (χ0n) is 16.5. The minimum Gasteiger partial charge on any atom is -0.505 e. The summed E-state index contributed by atoms with van der Waals surface area (Å²) < 4.78 is 6.43. The number of thiophene rings is 1. The number of carboxylic acids is 1. The molecule has 10 nitrogen and oxygen atoms in total. The number of carbonyl (C=O) groups is 2. The van der Waals surface area contributed by atoms with Crippen molar-refractivity contribution in [1.82, 2.24) is 15.0 Å². The Balaban J connectivity index is 2.07. The highest BCUT2D eigenvalue weighted by Crippen LogP contribution is 2.40. The molecule has 2 amide bonds. The van der Waals surface area contributed by atoms with Gasteiger partial charge in [0.05, 0.1) is 17.7 Å². The van der Waals surface area contributed by atoms with Crippen LogP contribution in [0.25, 0.3) is 10.4 Å². The fourth-order valence-corrected chi connectivity index (χ4v) is 4.06. The zero-order valence-corrected chi connectivity index (χ0v) is 17.3. The van der Waals surface area contributed by atoms with E-state index in [1.165, 1.54) is 35.2 Å². The van der Waals surface area contributed by atoms with E-state index in [2.05, 4.69) is 10.5 Å². The molecule has 3 N–H and O–H groups in total. The van der Waals surface area contributed by atoms with Gasteiger partial charge in [-0.15, -0.1) is 11.3 Å². The first-order valence-corrected chi connectivity index (χ1v) is 9.73. The van der Waals surface area contributed by atoms with Crippen molar-refractivity contribution in [2.45, 2.75) is 20.3 Å². The number of nitrogens with zero attached hydrogens (tertiary/aromatic N) is 3. The molecule has 3 rings (SSSR count). The first kappa shape index (κ1) is 21.1. The number of aliphatic carboxylic acids is 1. The molecular weight excluding hydrogens is 412 g/mol. The van der Waals surface area contributed by atoms with Crippen LogP contribution in [0.1, 0.15) is 17.9 Å². The molecule has 11 heteroatoms. The number of rotatable bonds is 6. The number of aromatic nitrogens is 2. The van der Waals surface area contributed by atoms with Crippen LogP contribution < -0.4 is 15.8 Å². The van der Waals surface area contributed by atoms with Crippen molar-refractivity contribution in [1.29, 1.82) is 0 Å². The van der Waals surface area contributed by atoms with E-state index in [4.69, 9.17) is 9.63 Å². The number of aromatic hydroxyl groups is 1. The minimum atomic E-state index is -1.07. The van der Waals surface area contributed by atoms with Crippen LogP contribution in [0.15, 0.2) is 33.7 Å². The standard InChI is InChI=1S/C19H20N4O6S/c1-10-16(11(2)29-21-10)13-4-5-14(30-13)23(19(28)20-8-6-15(25)26)17-12(24)7-9-22(3)18(17)27/h4-5,7,9,24H,6,8H2,1-3H3,(H,20,28)(H,25,26). The molecule has 0 aliphatic rings. The second-order valence-electron chi connectivity index (χ2n) is 6.51. The third-order valence-corrected chi connectivity index (χ3v) is 5.44. The Morgan fingerprint density at radius 2 is 2.03 bits per heavy atom. The van der Waals surface area contributed by atoms with Gasteiger partial charge in [0.2, 0.25) is 0 Å². The molecular formula is C19H20N4O6S. The van der Waals surface area contributed by atoms with Crippen molar-refractivity contribution in [2.24, 2.45) is 7.05 Å². The summed E-state index contributed by atoms with van der Waals surface area (Å²) in [4.78, 5) is 38.2. The number of anilines is 2. The Labute approximate surface area is 175 Å². The Morgan fingerprint density at radius 3 is 2.67 bits per heavy atom. The second-order valence-corrected chi connectivity index (χ2v) is 7.58. The monoisotopic (exact) mass is 432 g/mol. The maximum absolute atomic E-state index is 12.9. The number of carboxylic acid groups (broad SMARTS) is 1. The third kappa shape index (κ3) is 4.06. The fourth-order valence-electron chi connectivity index (χ4n) is 2.90. The minimum absolute atomic E-state index is 0.138. The summed E-state index contributed by atoms with van der Waals surface area (Å²) in [7, 11) is 1.50. The van der Waals surface area contributed by atoms with Gasteiger partial charge in [-0.1, -0.05) is 5.16 Å². The molecule has 30 heavy (non-hydrogen) atoms. The van der Waals surface area contributed by atoms with Crippen LogP contribution in [0.5, 0.6) is 5.75 Å². The van der Waals surface area contributed by atoms with Crippen molar-refractivity contribution in [2.75, 3.05) is 11.4 Å². The summed E-state index contributed by atoms with van der Waals surface area (Å²) in [5.74, 6) is -0.840. The Hall–Kier alpha value is -3.60. The smallest absolute Gasteiger partial charge is 0.327 e. The molecule has 0 saturated carbocycles. The first-order chi connectivity index (χ1) is 14.2. The molecule has 3 aromatic rings. The molecule has 158 valence electrons. The number of amides is 2. The van der Waals surface area contributed by atoms with Gasteiger partial charge in [0.15, 0.2) is 5.69 Å². The second kappa shape index (κ2) is 8.41. The molecule has 3 aromatic heterocycles. The normalized spacial score (nSPS) is 10.8. The van der Waals surface area contributed by atoms with E-state index in [-0.39, 0.29) is 24.4 Å². The Morgan fingerprint density at radius 1 is 1.30 bits per heavy atom. The predicted octanol–water partition coefficient (Wildman–Crippen LogP) is 2.75. The number of urea groups is 1. The average Bonchev–Trinajstić information content (AvgIpc) is 3.27. The largest absolute Gasteiger partial charge is 0.505 e. The van der Waals surface area contributed by atoms with E-state index in [1.807, 2.05) is 0 Å². The van der Waals surface area contributed by atoms with Gasteiger partial charge in [-0.05, 0) is 32.0 Å². The molecule has 0 radical (unpaired) electrons. The van der Waals surface area contributed by atoms with E-state index < -0.39 is 17.6 Å². The molecule has 3 heterocycles. The average molecular weight is 432 g/mol. The van der Waals surface area contributed by atoms with Crippen LogP contribution in [0.3, 0.4) is 0 Å². The molecule has 0 atom stereocenters. The molecule has 0 unspecified atom stereocenters. The summed E-state index contributed by atoms with van der Waals surface area (Å²) in [6, 6.07) is 3.96. The molecule has 0 aromatic carbocycles. The molecule has 0 spiro atoms. The van der Waals surface area contributed by atoms with E-state index in [0.717, 1.165) is 15.3 Å². The quantitative estimate of drug-likeness (QED) is 0.544. The Bertz CT molecular complexity index is 1140. The number of nitrogens with one attached hydrogen (secondary N) is 1. The van der Waals surface area contributed by atoms with E-state index in [9.17, 15) is 19.5 Å². The highest BCUT2D eigenvalue weighted by Gasteiger charge is 2.27. The number of pyridine rings is 1. The summed E-state index contributed by atoms with van der Waals surface area (Å²) in [6.45, 7) is 3.42. The van der Waals surface area contributed by atoms with Gasteiger partial charge in [-0.25, -0.2) is 9.69 Å². The summed E-state index contributed by atoms with van der Waals surface area (Å²) in [5.41, 5.74) is 0.634. The third-order valence-electron chi connectivity index (χ3n) is 4.36. The molecule has 0 bridgehead atoms. The van der Waals surface area contributed by atoms with Crippen molar-refractivity contribution in [3.63, 3.8) is 0 Å². The van der Waals surface area contributed by atoms with E-state index >= 15 is 0 Å². The number of hydrogen-bond donors (Lipinski definition) is 3. The predicted molar refractivity (Wildman–Crippen MR) is 110 cm³/mol. The van der Waals surface area contributed by atoms with Crippen molar-refractivity contribution in [3.05, 3.63) is 46.2 Å². The van der Waals surface area contributed by atoms with E-state index in [1.54, 1.807) is 26.0 Å². The van der Waals surface area contributed by atoms with E-state index in [0.29, 0.717) is 16.5 Å². The maximum atomic E-state index is 12.9. The van der Waals surface area contributed by atoms with Crippen LogP contribution in [0.4, 0.5) is 15.5 Å². The van der Waals surface area contributed by atoms with Gasteiger partial charge >= 0.3 is 12.0 Å². The molecule has 0 aliphatic heterocycles. The van der Waals surface area contributed by atoms with Gasteiger partial charge in [-0.2, -0.15) is 0 Å². The number of carbonyl (C=O) groups excluding carboxylic acids is 1. The highest BCUT2D eigenvalue weighted by atomic mass is 32.1. The van der Waals surface area contributed by atoms with Crippen molar-refractivity contribution in [3.8, 4) is 16.2 Å². The van der Waals surface area contributed by atoms with Crippen LogP contribution in [-0.4, -0.2) is 38.5 Å². The van der Waals surface area contributed by atoms with Crippen LogP contribution in [0.2, 0.25) is 0 Å². The lowest BCUT2D eigenvalue weighted by atomic mass is 10.2. The number of aryl methyl sites for hydroxylation is 3. The van der Waals surface area contributed by atoms with Gasteiger partial charge in [-0.3, -0.25) is 9.59 Å². The van der Waals surface area contributed by atoms with Crippen LogP contribution in [-0.2, 0) is 11.8 Å². The molecule has 0 aliphatic carbocycles. The fraction of sp³-hybridized carbons (Fsp3) is 0.263. The van der Waals surface area contributed by atoms with Gasteiger partial charge < -0.3 is 24.6 Å². The van der Waals surface area contributed by atoms with Crippen molar-refractivity contribution < 1.29 is 24.3 Å². The summed E-state index contributed by atoms with van der Waals surface area (Å²) >= 11 is 1.20. The Kier molecular flexibility index (Phi) is 5.92. The lowest BCUT2D eigenvalue weighted by Crippen LogP contribution is -2.40. The summed E-state index contributed by atoms with van der Waals surface area (Å²) in [6.07, 6.45) is 1.10. The lowest BCUT2D eigenvalue weighted by Gasteiger charge is -2.22. The van der Waals surface area contributed by atoms with Gasteiger partial charge in [0.1, 0.15) is 16.5 Å². The van der Waals surface area contributed by atoms with Crippen LogP contribution in [0, 0.1) is 13.8 Å². The zero-order chi connectivity index (χ0) is 22.0. The van der Waals surface area contributed by atoms with Crippen LogP contribution >= 0.6 is 11.3 Å². The SMILES string of the molecule is Cc1noc(C)c1-c1ccc(N(C(=O)NCCC(=O)O)c2c(O)ccn(C)c2=O)s1.